The van der Waals surface area contributed by atoms with Gasteiger partial charge in [0.1, 0.15) is 16.4 Å². The number of piperidine rings is 1. The number of ether oxygens (including phenoxy) is 1. The van der Waals surface area contributed by atoms with E-state index in [1.54, 1.807) is 29.2 Å². The molecule has 4 rings (SSSR count). The molecule has 1 fully saturated rings. The molecule has 2 aliphatic rings. The molecule has 0 spiro atoms. The first kappa shape index (κ1) is 19.7. The van der Waals surface area contributed by atoms with Crippen molar-refractivity contribution in [2.75, 3.05) is 24.5 Å². The quantitative estimate of drug-likeness (QED) is 0.435. The van der Waals surface area contributed by atoms with E-state index in [1.165, 1.54) is 29.2 Å². The minimum absolute atomic E-state index is 0.0911. The molecule has 9 nitrogen and oxygen atoms in total. The van der Waals surface area contributed by atoms with Gasteiger partial charge in [0.15, 0.2) is 6.10 Å². The number of amides is 2. The predicted molar refractivity (Wildman–Crippen MR) is 108 cm³/mol. The highest BCUT2D eigenvalue weighted by molar-refractivity contribution is 6.05. The van der Waals surface area contributed by atoms with Crippen molar-refractivity contribution in [2.45, 2.75) is 25.4 Å². The molecule has 156 valence electrons. The fourth-order valence-electron chi connectivity index (χ4n) is 3.66. The maximum atomic E-state index is 12.9. The molecule has 30 heavy (non-hydrogen) atoms. The summed E-state index contributed by atoms with van der Waals surface area (Å²) in [7, 11) is 0. The van der Waals surface area contributed by atoms with Gasteiger partial charge in [-0.25, -0.2) is 0 Å². The summed E-state index contributed by atoms with van der Waals surface area (Å²) in [6.45, 7) is 1.49. The second-order valence-corrected chi connectivity index (χ2v) is 7.18. The van der Waals surface area contributed by atoms with E-state index in [-0.39, 0.29) is 24.1 Å². The first-order valence-corrected chi connectivity index (χ1v) is 9.81. The second kappa shape index (κ2) is 8.40. The Morgan fingerprint density at radius 3 is 2.60 bits per heavy atom. The largest absolute Gasteiger partial charge is 0.476 e. The normalized spacial score (nSPS) is 18.7. The molecule has 1 saturated heterocycles. The van der Waals surface area contributed by atoms with Crippen molar-refractivity contribution < 1.29 is 23.7 Å². The second-order valence-electron chi connectivity index (χ2n) is 7.18. The van der Waals surface area contributed by atoms with E-state index >= 15 is 0 Å². The molecule has 3 heterocycles. The Labute approximate surface area is 172 Å². The lowest BCUT2D eigenvalue weighted by Crippen LogP contribution is -2.52. The number of carbonyl (C=O) groups is 2. The minimum atomic E-state index is -0.778. The van der Waals surface area contributed by atoms with E-state index in [1.807, 2.05) is 0 Å². The summed E-state index contributed by atoms with van der Waals surface area (Å²) < 4.78 is 11.0. The summed E-state index contributed by atoms with van der Waals surface area (Å²) in [6, 6.07) is 9.69. The smallest absolute Gasteiger partial charge is 0.433 e. The van der Waals surface area contributed by atoms with Gasteiger partial charge in [0, 0.05) is 19.2 Å². The summed E-state index contributed by atoms with van der Waals surface area (Å²) in [5.74, 6) is -0.230. The highest BCUT2D eigenvalue weighted by atomic mass is 16.6. The van der Waals surface area contributed by atoms with Gasteiger partial charge in [0.25, 0.3) is 11.8 Å². The minimum Gasteiger partial charge on any atom is -0.476 e. The molecule has 2 amide bonds. The van der Waals surface area contributed by atoms with E-state index in [0.717, 1.165) is 19.3 Å². The summed E-state index contributed by atoms with van der Waals surface area (Å²) in [4.78, 5) is 39.2. The van der Waals surface area contributed by atoms with Crippen LogP contribution in [-0.4, -0.2) is 47.4 Å². The zero-order valence-electron chi connectivity index (χ0n) is 16.2. The maximum absolute atomic E-state index is 12.9. The lowest BCUT2D eigenvalue weighted by atomic mass is 10.1. The zero-order valence-corrected chi connectivity index (χ0v) is 16.2. The standard InChI is InChI=1S/C21H21N3O6/c25-19(10-8-15-9-11-20(29-15)24(27)28)23-14-18(21(26)22-12-4-1-5-13-22)30-17-7-3-2-6-16(17)23/h2-3,6-11,18H,1,4-5,12-14H2/b10-8+/t18-/m0/s1. The van der Waals surface area contributed by atoms with Crippen LogP contribution < -0.4 is 9.64 Å². The molecule has 0 radical (unpaired) electrons. The number of nitro groups is 1. The number of hydrogen-bond donors (Lipinski definition) is 0. The summed E-state index contributed by atoms with van der Waals surface area (Å²) >= 11 is 0. The van der Waals surface area contributed by atoms with E-state index < -0.39 is 16.9 Å². The number of nitrogens with zero attached hydrogens (tertiary/aromatic N) is 3. The lowest BCUT2D eigenvalue weighted by molar-refractivity contribution is -0.402. The SMILES string of the molecule is O=C([C@@H]1CN(C(=O)/C=C/c2ccc([N+](=O)[O-])o2)c2ccccc2O1)N1CCCCC1. The molecule has 1 atom stereocenters. The highest BCUT2D eigenvalue weighted by Gasteiger charge is 2.35. The van der Waals surface area contributed by atoms with Gasteiger partial charge in [0.05, 0.1) is 18.3 Å². The van der Waals surface area contributed by atoms with Gasteiger partial charge in [-0.05, 0) is 43.5 Å². The number of anilines is 1. The maximum Gasteiger partial charge on any atom is 0.433 e. The summed E-state index contributed by atoms with van der Waals surface area (Å²) in [5, 5.41) is 10.7. The Morgan fingerprint density at radius 1 is 1.10 bits per heavy atom. The number of para-hydroxylation sites is 2. The first-order valence-electron chi connectivity index (χ1n) is 9.81. The molecule has 9 heteroatoms. The van der Waals surface area contributed by atoms with Crippen molar-refractivity contribution in [3.05, 3.63) is 58.3 Å². The Kier molecular flexibility index (Phi) is 5.51. The molecular weight excluding hydrogens is 390 g/mol. The Hall–Kier alpha value is -3.62. The van der Waals surface area contributed by atoms with Crippen molar-refractivity contribution in [3.63, 3.8) is 0 Å². The van der Waals surface area contributed by atoms with Crippen LogP contribution in [0.25, 0.3) is 6.08 Å². The summed E-state index contributed by atoms with van der Waals surface area (Å²) in [5.41, 5.74) is 0.570. The van der Waals surface area contributed by atoms with Gasteiger partial charge in [-0.3, -0.25) is 19.7 Å². The van der Waals surface area contributed by atoms with Crippen LogP contribution in [0.4, 0.5) is 11.6 Å². The Morgan fingerprint density at radius 2 is 1.87 bits per heavy atom. The first-order chi connectivity index (χ1) is 14.5. The number of rotatable bonds is 4. The lowest BCUT2D eigenvalue weighted by Gasteiger charge is -2.37. The number of furan rings is 1. The van der Waals surface area contributed by atoms with Gasteiger partial charge in [0.2, 0.25) is 0 Å². The third kappa shape index (κ3) is 4.05. The van der Waals surface area contributed by atoms with Gasteiger partial charge in [-0.2, -0.15) is 0 Å². The molecule has 1 aromatic heterocycles. The van der Waals surface area contributed by atoms with Crippen molar-refractivity contribution in [2.24, 2.45) is 0 Å². The summed E-state index contributed by atoms with van der Waals surface area (Å²) in [6.07, 6.45) is 4.91. The number of fused-ring (bicyclic) bond motifs is 1. The fraction of sp³-hybridized carbons (Fsp3) is 0.333. The van der Waals surface area contributed by atoms with Crippen molar-refractivity contribution in [1.29, 1.82) is 0 Å². The third-order valence-electron chi connectivity index (χ3n) is 5.17. The monoisotopic (exact) mass is 411 g/mol. The van der Waals surface area contributed by atoms with Crippen LogP contribution in [0.15, 0.2) is 46.9 Å². The third-order valence-corrected chi connectivity index (χ3v) is 5.17. The highest BCUT2D eigenvalue weighted by Crippen LogP contribution is 2.34. The van der Waals surface area contributed by atoms with Crippen LogP contribution in [0, 0.1) is 10.1 Å². The molecule has 2 aliphatic heterocycles. The van der Waals surface area contributed by atoms with Gasteiger partial charge >= 0.3 is 5.88 Å². The predicted octanol–water partition coefficient (Wildman–Crippen LogP) is 3.01. The molecule has 0 bridgehead atoms. The molecule has 0 unspecified atom stereocenters. The molecule has 0 saturated carbocycles. The zero-order chi connectivity index (χ0) is 21.1. The van der Waals surface area contributed by atoms with Crippen molar-refractivity contribution in [1.82, 2.24) is 4.90 Å². The van der Waals surface area contributed by atoms with E-state index in [9.17, 15) is 19.7 Å². The van der Waals surface area contributed by atoms with Gasteiger partial charge in [-0.1, -0.05) is 12.1 Å². The average molecular weight is 411 g/mol. The number of carbonyl (C=O) groups excluding carboxylic acids is 2. The van der Waals surface area contributed by atoms with Crippen LogP contribution in [0.3, 0.4) is 0 Å². The number of hydrogen-bond acceptors (Lipinski definition) is 6. The van der Waals surface area contributed by atoms with Crippen molar-refractivity contribution >= 4 is 29.5 Å². The molecule has 0 aliphatic carbocycles. The van der Waals surface area contributed by atoms with Crippen LogP contribution in [-0.2, 0) is 9.59 Å². The van der Waals surface area contributed by atoms with Crippen LogP contribution in [0.5, 0.6) is 5.75 Å². The average Bonchev–Trinajstić information content (AvgIpc) is 3.26. The van der Waals surface area contributed by atoms with Gasteiger partial charge < -0.3 is 19.0 Å². The molecule has 2 aromatic rings. The number of benzene rings is 1. The van der Waals surface area contributed by atoms with E-state index in [4.69, 9.17) is 9.15 Å². The Bertz CT molecular complexity index is 992. The fourth-order valence-corrected chi connectivity index (χ4v) is 3.66. The van der Waals surface area contributed by atoms with E-state index in [0.29, 0.717) is 24.5 Å². The molecule has 0 N–H and O–H groups in total. The van der Waals surface area contributed by atoms with Crippen molar-refractivity contribution in [3.8, 4) is 5.75 Å². The van der Waals surface area contributed by atoms with Gasteiger partial charge in [-0.15, -0.1) is 0 Å². The van der Waals surface area contributed by atoms with Crippen LogP contribution >= 0.6 is 0 Å². The van der Waals surface area contributed by atoms with Crippen LogP contribution in [0.2, 0.25) is 0 Å². The topological polar surface area (TPSA) is 106 Å². The molecular formula is C21H21N3O6. The Balaban J connectivity index is 1.54. The van der Waals surface area contributed by atoms with Crippen LogP contribution in [0.1, 0.15) is 25.0 Å². The number of likely N-dealkylation sites (tertiary alicyclic amines) is 1. The van der Waals surface area contributed by atoms with E-state index in [2.05, 4.69) is 0 Å². The molecule has 1 aromatic carbocycles.